The molecule has 0 radical (unpaired) electrons. The lowest BCUT2D eigenvalue weighted by atomic mass is 10.1. The molecule has 9 heteroatoms. The number of guanidine groups is 1. The van der Waals surface area contributed by atoms with Crippen molar-refractivity contribution < 1.29 is 14.5 Å². The lowest BCUT2D eigenvalue weighted by molar-refractivity contribution is -0.384. The Bertz CT molecular complexity index is 656. The van der Waals surface area contributed by atoms with E-state index in [-0.39, 0.29) is 17.8 Å². The number of carbonyl (C=O) groups is 1. The number of hydrogen-bond acceptors (Lipinski definition) is 5. The average Bonchev–Trinajstić information content (AvgIpc) is 2.66. The van der Waals surface area contributed by atoms with Crippen molar-refractivity contribution in [1.29, 1.82) is 0 Å². The van der Waals surface area contributed by atoms with E-state index in [0.717, 1.165) is 18.4 Å². The van der Waals surface area contributed by atoms with Gasteiger partial charge in [-0.05, 0) is 25.3 Å². The minimum absolute atomic E-state index is 0.0610. The van der Waals surface area contributed by atoms with Gasteiger partial charge in [0, 0.05) is 37.8 Å². The van der Waals surface area contributed by atoms with Crippen LogP contribution in [-0.4, -0.2) is 54.7 Å². The number of hydrogen-bond donors (Lipinski definition) is 2. The Hall–Kier alpha value is -2.84. The van der Waals surface area contributed by atoms with Gasteiger partial charge >= 0.3 is 6.09 Å². The molecule has 9 nitrogen and oxygen atoms in total. The fourth-order valence-corrected chi connectivity index (χ4v) is 2.79. The summed E-state index contributed by atoms with van der Waals surface area (Å²) in [5.41, 5.74) is 0.836. The first kappa shape index (κ1) is 19.5. The monoisotopic (exact) mass is 363 g/mol. The molecule has 0 aromatic heterocycles. The molecular formula is C17H25N5O4. The first-order chi connectivity index (χ1) is 12.5. The van der Waals surface area contributed by atoms with Crippen LogP contribution in [0.25, 0.3) is 0 Å². The molecule has 1 aliphatic heterocycles. The molecule has 0 saturated carbocycles. The highest BCUT2D eigenvalue weighted by Gasteiger charge is 2.23. The first-order valence-electron chi connectivity index (χ1n) is 8.64. The standard InChI is InChI=1S/C17H25N5O4/c1-3-18-16(19-12-13-5-4-6-15(11-13)22(24)25)20-14-7-9-21(10-8-14)17(23)26-2/h4-6,11,14H,3,7-10,12H2,1-2H3,(H2,18,19,20). The third kappa shape index (κ3) is 5.61. The summed E-state index contributed by atoms with van der Waals surface area (Å²) < 4.78 is 4.74. The van der Waals surface area contributed by atoms with Crippen LogP contribution in [0, 0.1) is 10.1 Å². The van der Waals surface area contributed by atoms with Crippen LogP contribution in [0.3, 0.4) is 0 Å². The third-order valence-electron chi connectivity index (χ3n) is 4.15. The van der Waals surface area contributed by atoms with E-state index in [1.807, 2.05) is 13.0 Å². The molecule has 0 bridgehead atoms. The minimum atomic E-state index is -0.411. The minimum Gasteiger partial charge on any atom is -0.453 e. The Morgan fingerprint density at radius 2 is 2.15 bits per heavy atom. The number of nitro benzene ring substituents is 1. The zero-order chi connectivity index (χ0) is 18.9. The predicted octanol–water partition coefficient (Wildman–Crippen LogP) is 1.88. The molecular weight excluding hydrogens is 338 g/mol. The van der Waals surface area contributed by atoms with Crippen molar-refractivity contribution in [2.45, 2.75) is 32.4 Å². The normalized spacial score (nSPS) is 15.5. The van der Waals surface area contributed by atoms with Gasteiger partial charge in [-0.25, -0.2) is 9.79 Å². The number of ether oxygens (including phenoxy) is 1. The van der Waals surface area contributed by atoms with E-state index < -0.39 is 4.92 Å². The van der Waals surface area contributed by atoms with Crippen molar-refractivity contribution in [3.63, 3.8) is 0 Å². The summed E-state index contributed by atoms with van der Waals surface area (Å²) in [6.07, 6.45) is 1.31. The number of nitrogens with one attached hydrogen (secondary N) is 2. The van der Waals surface area contributed by atoms with Crippen molar-refractivity contribution >= 4 is 17.7 Å². The van der Waals surface area contributed by atoms with Crippen molar-refractivity contribution in [3.8, 4) is 0 Å². The summed E-state index contributed by atoms with van der Waals surface area (Å²) >= 11 is 0. The summed E-state index contributed by atoms with van der Waals surface area (Å²) in [4.78, 5) is 28.2. The largest absolute Gasteiger partial charge is 0.453 e. The van der Waals surface area contributed by atoms with Crippen molar-refractivity contribution in [2.75, 3.05) is 26.7 Å². The van der Waals surface area contributed by atoms with Crippen LogP contribution in [0.5, 0.6) is 0 Å². The Kier molecular flexibility index (Phi) is 7.19. The van der Waals surface area contributed by atoms with Crippen LogP contribution in [0.1, 0.15) is 25.3 Å². The van der Waals surface area contributed by atoms with E-state index in [0.29, 0.717) is 32.1 Å². The average molecular weight is 363 g/mol. The summed E-state index contributed by atoms with van der Waals surface area (Å²) in [7, 11) is 1.39. The van der Waals surface area contributed by atoms with Gasteiger partial charge in [-0.1, -0.05) is 12.1 Å². The molecule has 2 N–H and O–H groups in total. The highest BCUT2D eigenvalue weighted by Crippen LogP contribution is 2.14. The Balaban J connectivity index is 1.94. The zero-order valence-corrected chi connectivity index (χ0v) is 15.1. The maximum absolute atomic E-state index is 11.5. The molecule has 0 atom stereocenters. The molecule has 1 aromatic carbocycles. The number of nitrogens with zero attached hydrogens (tertiary/aromatic N) is 3. The third-order valence-corrected chi connectivity index (χ3v) is 4.15. The zero-order valence-electron chi connectivity index (χ0n) is 15.1. The molecule has 1 aliphatic rings. The Morgan fingerprint density at radius 1 is 1.42 bits per heavy atom. The molecule has 0 unspecified atom stereocenters. The molecule has 2 rings (SSSR count). The van der Waals surface area contributed by atoms with Gasteiger partial charge in [-0.3, -0.25) is 10.1 Å². The van der Waals surface area contributed by atoms with E-state index in [1.54, 1.807) is 11.0 Å². The molecule has 1 amide bonds. The van der Waals surface area contributed by atoms with Gasteiger partial charge < -0.3 is 20.3 Å². The lowest BCUT2D eigenvalue weighted by Gasteiger charge is -2.32. The fourth-order valence-electron chi connectivity index (χ4n) is 2.79. The van der Waals surface area contributed by atoms with Crippen molar-refractivity contribution in [3.05, 3.63) is 39.9 Å². The smallest absolute Gasteiger partial charge is 0.409 e. The topological polar surface area (TPSA) is 109 Å². The molecule has 1 heterocycles. The van der Waals surface area contributed by atoms with Crippen LogP contribution in [0.15, 0.2) is 29.3 Å². The van der Waals surface area contributed by atoms with Crippen LogP contribution in [-0.2, 0) is 11.3 Å². The summed E-state index contributed by atoms with van der Waals surface area (Å²) in [6.45, 7) is 4.30. The number of piperidine rings is 1. The first-order valence-corrected chi connectivity index (χ1v) is 8.64. The SMILES string of the molecule is CCNC(=NCc1cccc([N+](=O)[O-])c1)NC1CCN(C(=O)OC)CC1. The molecule has 142 valence electrons. The van der Waals surface area contributed by atoms with Crippen molar-refractivity contribution in [1.82, 2.24) is 15.5 Å². The van der Waals surface area contributed by atoms with Gasteiger partial charge in [-0.15, -0.1) is 0 Å². The van der Waals surface area contributed by atoms with Gasteiger partial charge in [0.1, 0.15) is 0 Å². The fraction of sp³-hybridized carbons (Fsp3) is 0.529. The number of nitro groups is 1. The highest BCUT2D eigenvalue weighted by molar-refractivity contribution is 5.80. The highest BCUT2D eigenvalue weighted by atomic mass is 16.6. The number of non-ortho nitro benzene ring substituents is 1. The molecule has 1 fully saturated rings. The van der Waals surface area contributed by atoms with Crippen LogP contribution in [0.4, 0.5) is 10.5 Å². The number of carbonyl (C=O) groups excluding carboxylic acids is 1. The molecule has 0 aliphatic carbocycles. The maximum Gasteiger partial charge on any atom is 0.409 e. The summed E-state index contributed by atoms with van der Waals surface area (Å²) in [5, 5.41) is 17.4. The van der Waals surface area contributed by atoms with Gasteiger partial charge in [0.25, 0.3) is 5.69 Å². The predicted molar refractivity (Wildman–Crippen MR) is 98.0 cm³/mol. The number of aliphatic imine (C=N–C) groups is 1. The second kappa shape index (κ2) is 9.59. The van der Waals surface area contributed by atoms with E-state index in [1.165, 1.54) is 19.2 Å². The van der Waals surface area contributed by atoms with E-state index in [9.17, 15) is 14.9 Å². The Morgan fingerprint density at radius 3 is 2.77 bits per heavy atom. The molecule has 1 aromatic rings. The summed E-state index contributed by atoms with van der Waals surface area (Å²) in [6, 6.07) is 6.67. The molecule has 0 spiro atoms. The second-order valence-corrected chi connectivity index (χ2v) is 6.00. The molecule has 26 heavy (non-hydrogen) atoms. The van der Waals surface area contributed by atoms with Gasteiger partial charge in [0.15, 0.2) is 5.96 Å². The number of likely N-dealkylation sites (tertiary alicyclic amines) is 1. The van der Waals surface area contributed by atoms with E-state index >= 15 is 0 Å². The van der Waals surface area contributed by atoms with Gasteiger partial charge in [0.05, 0.1) is 18.6 Å². The number of methoxy groups -OCH3 is 1. The van der Waals surface area contributed by atoms with Gasteiger partial charge in [-0.2, -0.15) is 0 Å². The Labute approximate surface area is 152 Å². The maximum atomic E-state index is 11.5. The van der Waals surface area contributed by atoms with E-state index in [4.69, 9.17) is 4.74 Å². The van der Waals surface area contributed by atoms with Crippen LogP contribution >= 0.6 is 0 Å². The van der Waals surface area contributed by atoms with E-state index in [2.05, 4.69) is 15.6 Å². The van der Waals surface area contributed by atoms with Gasteiger partial charge in [0.2, 0.25) is 0 Å². The number of benzene rings is 1. The quantitative estimate of drug-likeness (QED) is 0.358. The van der Waals surface area contributed by atoms with Crippen molar-refractivity contribution in [2.24, 2.45) is 4.99 Å². The lowest BCUT2D eigenvalue weighted by Crippen LogP contribution is -2.49. The summed E-state index contributed by atoms with van der Waals surface area (Å²) in [5.74, 6) is 0.663. The number of rotatable bonds is 5. The molecule has 1 saturated heterocycles. The number of amides is 1. The second-order valence-electron chi connectivity index (χ2n) is 6.00. The van der Waals surface area contributed by atoms with Crippen LogP contribution in [0.2, 0.25) is 0 Å². The van der Waals surface area contributed by atoms with Crippen LogP contribution < -0.4 is 10.6 Å².